The Morgan fingerprint density at radius 2 is 1.91 bits per heavy atom. The van der Waals surface area contributed by atoms with Crippen LogP contribution < -0.4 is 0 Å². The van der Waals surface area contributed by atoms with Crippen LogP contribution in [0.1, 0.15) is 6.42 Å². The van der Waals surface area contributed by atoms with Crippen LogP contribution in [0, 0.1) is 3.57 Å². The molecule has 0 bridgehead atoms. The van der Waals surface area contributed by atoms with Gasteiger partial charge in [-0.25, -0.2) is 0 Å². The number of allylic oxidation sites excluding steroid dienone is 1. The summed E-state index contributed by atoms with van der Waals surface area (Å²) in [6.07, 6.45) is 3.66. The van der Waals surface area contributed by atoms with E-state index in [4.69, 9.17) is 0 Å². The summed E-state index contributed by atoms with van der Waals surface area (Å²) in [4.78, 5) is 0. The fourth-order valence-electron chi connectivity index (χ4n) is 1.17. The van der Waals surface area contributed by atoms with E-state index in [0.717, 1.165) is 0 Å². The van der Waals surface area contributed by atoms with Gasteiger partial charge in [0.2, 0.25) is 0 Å². The van der Waals surface area contributed by atoms with E-state index >= 15 is 0 Å². The summed E-state index contributed by atoms with van der Waals surface area (Å²) in [6.45, 7) is 0. The van der Waals surface area contributed by atoms with Crippen LogP contribution in [0.2, 0.25) is 0 Å². The first-order valence-electron chi connectivity index (χ1n) is 3.83. The monoisotopic (exact) mass is 258 g/mol. The van der Waals surface area contributed by atoms with Crippen LogP contribution in [-0.2, 0) is 0 Å². The molecule has 1 aliphatic rings. The van der Waals surface area contributed by atoms with E-state index in [0.29, 0.717) is 0 Å². The van der Waals surface area contributed by atoms with Gasteiger partial charge >= 0.3 is 74.7 Å². The van der Waals surface area contributed by atoms with Crippen LogP contribution in [0.4, 0.5) is 0 Å². The predicted octanol–water partition coefficient (Wildman–Crippen LogP) is 3.28. The Hall–Kier alpha value is -0.310. The Morgan fingerprint density at radius 3 is 2.55 bits per heavy atom. The van der Waals surface area contributed by atoms with E-state index in [2.05, 4.69) is 40.5 Å². The van der Waals surface area contributed by atoms with Crippen LogP contribution >= 0.6 is 19.8 Å². The second-order valence-corrected chi connectivity index (χ2v) is 7.84. The van der Waals surface area contributed by atoms with Crippen LogP contribution in [0.3, 0.4) is 0 Å². The van der Waals surface area contributed by atoms with Crippen molar-refractivity contribution in [3.63, 3.8) is 0 Å². The molecule has 0 atom stereocenters. The van der Waals surface area contributed by atoms with E-state index in [-0.39, 0.29) is 0 Å². The van der Waals surface area contributed by atoms with E-state index in [1.807, 2.05) is 0 Å². The van der Waals surface area contributed by atoms with Crippen molar-refractivity contribution >= 4 is 19.8 Å². The van der Waals surface area contributed by atoms with Gasteiger partial charge < -0.3 is 0 Å². The number of alkyl halides is 1. The molecule has 1 aromatic carbocycles. The third-order valence-corrected chi connectivity index (χ3v) is 7.21. The van der Waals surface area contributed by atoms with Crippen LogP contribution in [0.5, 0.6) is 0 Å². The average molecular weight is 258 g/mol. The van der Waals surface area contributed by atoms with Crippen molar-refractivity contribution in [1.82, 2.24) is 0 Å². The molecule has 1 aromatic rings. The maximum atomic E-state index is 2.47. The molecule has 1 heteroatoms. The first kappa shape index (κ1) is 7.35. The van der Waals surface area contributed by atoms with E-state index < -0.39 is 19.8 Å². The van der Waals surface area contributed by atoms with Crippen molar-refractivity contribution in [3.8, 4) is 0 Å². The summed E-state index contributed by atoms with van der Waals surface area (Å²) >= 11 is -0.788. The predicted molar refractivity (Wildman–Crippen MR) is 57.8 cm³/mol. The Balaban J connectivity index is 2.23. The number of benzene rings is 1. The summed E-state index contributed by atoms with van der Waals surface area (Å²) in [5, 5.41) is 0. The number of rotatable bonds is 1. The van der Waals surface area contributed by atoms with Crippen molar-refractivity contribution in [1.29, 1.82) is 0 Å². The fraction of sp³-hybridized carbons (Fsp3) is 0.200. The van der Waals surface area contributed by atoms with Gasteiger partial charge in [-0.1, -0.05) is 0 Å². The molecule has 0 N–H and O–H groups in total. The number of hydrogen-bond acceptors (Lipinski definition) is 0. The number of hydrogen-bond donors (Lipinski definition) is 0. The van der Waals surface area contributed by atoms with E-state index in [9.17, 15) is 0 Å². The second kappa shape index (κ2) is 3.39. The Morgan fingerprint density at radius 1 is 1.09 bits per heavy atom. The van der Waals surface area contributed by atoms with Gasteiger partial charge in [0.15, 0.2) is 0 Å². The van der Waals surface area contributed by atoms with Crippen LogP contribution in [-0.4, -0.2) is 4.43 Å². The normalized spacial score (nSPS) is 19.1. The molecule has 0 radical (unpaired) electrons. The molecule has 0 spiro atoms. The Bertz CT molecular complexity index is 251. The van der Waals surface area contributed by atoms with Crippen molar-refractivity contribution in [2.45, 2.75) is 6.42 Å². The topological polar surface area (TPSA) is 0 Å². The Labute approximate surface area is 74.7 Å². The van der Waals surface area contributed by atoms with Crippen molar-refractivity contribution in [3.05, 3.63) is 44.1 Å². The van der Waals surface area contributed by atoms with Crippen LogP contribution in [0.15, 0.2) is 40.5 Å². The average Bonchev–Trinajstić information content (AvgIpc) is 2.58. The first-order chi connectivity index (χ1) is 5.47. The van der Waals surface area contributed by atoms with Gasteiger partial charge in [0.1, 0.15) is 0 Å². The van der Waals surface area contributed by atoms with E-state index in [1.165, 1.54) is 10.8 Å². The molecule has 58 valence electrons. The molecule has 1 aliphatic heterocycles. The van der Waals surface area contributed by atoms with Gasteiger partial charge in [0.25, 0.3) is 0 Å². The van der Waals surface area contributed by atoms with Gasteiger partial charge in [-0.3, -0.25) is 0 Å². The zero-order valence-electron chi connectivity index (χ0n) is 6.33. The molecule has 0 fully saturated rings. The minimum atomic E-state index is -0.788. The maximum absolute atomic E-state index is 2.47. The number of halogens is 1. The molecule has 11 heavy (non-hydrogen) atoms. The van der Waals surface area contributed by atoms with Crippen molar-refractivity contribution in [2.75, 3.05) is 4.43 Å². The summed E-state index contributed by atoms with van der Waals surface area (Å²) in [5.41, 5.74) is 0. The minimum absolute atomic E-state index is 0.788. The molecule has 0 nitrogen and oxygen atoms in total. The molecular formula is C10H11I. The summed E-state index contributed by atoms with van der Waals surface area (Å²) in [6, 6.07) is 11.0. The Kier molecular flexibility index (Phi) is 2.26. The molecule has 1 heterocycles. The zero-order valence-corrected chi connectivity index (χ0v) is 8.49. The second-order valence-electron chi connectivity index (χ2n) is 2.53. The molecular weight excluding hydrogens is 247 g/mol. The molecule has 2 rings (SSSR count). The third-order valence-electron chi connectivity index (χ3n) is 1.73. The molecule has 0 unspecified atom stereocenters. The molecule has 0 aliphatic carbocycles. The first-order valence-corrected chi connectivity index (χ1v) is 7.68. The van der Waals surface area contributed by atoms with Crippen molar-refractivity contribution in [2.24, 2.45) is 0 Å². The van der Waals surface area contributed by atoms with Gasteiger partial charge in [-0.2, -0.15) is 0 Å². The van der Waals surface area contributed by atoms with Gasteiger partial charge in [-0.15, -0.1) is 0 Å². The zero-order chi connectivity index (χ0) is 7.52. The van der Waals surface area contributed by atoms with Gasteiger partial charge in [0.05, 0.1) is 0 Å². The molecule has 0 saturated carbocycles. The van der Waals surface area contributed by atoms with Gasteiger partial charge in [-0.05, 0) is 0 Å². The third kappa shape index (κ3) is 1.64. The molecule has 0 amide bonds. The molecule has 0 saturated heterocycles. The molecule has 0 aromatic heterocycles. The standard InChI is InChI=1S/C10H11I/c1-2-6-10(7-3-1)11-8-4-5-9-11/h1-4,6-8H,5,9H2. The van der Waals surface area contributed by atoms with Crippen LogP contribution in [0.25, 0.3) is 0 Å². The van der Waals surface area contributed by atoms with Crippen molar-refractivity contribution < 1.29 is 0 Å². The summed E-state index contributed by atoms with van der Waals surface area (Å²) in [5.74, 6) is 0. The summed E-state index contributed by atoms with van der Waals surface area (Å²) in [7, 11) is 0. The SMILES string of the molecule is C1=CI(c2ccccc2)CC1. The van der Waals surface area contributed by atoms with E-state index in [1.54, 1.807) is 3.57 Å². The van der Waals surface area contributed by atoms with Gasteiger partial charge in [0, 0.05) is 0 Å². The summed E-state index contributed by atoms with van der Waals surface area (Å²) < 4.78 is 5.54. The fourth-order valence-corrected chi connectivity index (χ4v) is 5.91. The quantitative estimate of drug-likeness (QED) is 0.535.